The van der Waals surface area contributed by atoms with Crippen molar-refractivity contribution in [3.05, 3.63) is 51.9 Å². The predicted molar refractivity (Wildman–Crippen MR) is 104 cm³/mol. The third kappa shape index (κ3) is 6.12. The van der Waals surface area contributed by atoms with E-state index in [1.807, 2.05) is 13.8 Å². The molecule has 0 saturated heterocycles. The zero-order valence-electron chi connectivity index (χ0n) is 16.0. The molecule has 1 N–H and O–H groups in total. The number of ketones is 1. The van der Waals surface area contributed by atoms with Crippen LogP contribution in [-0.2, 0) is 0 Å². The maximum atomic E-state index is 12.7. The van der Waals surface area contributed by atoms with Gasteiger partial charge in [-0.25, -0.2) is 4.98 Å². The summed E-state index contributed by atoms with van der Waals surface area (Å²) < 4.78 is 37.5. The van der Waals surface area contributed by atoms with Gasteiger partial charge in [0.05, 0.1) is 0 Å². The molecule has 2 rings (SSSR count). The molecule has 0 aliphatic rings. The number of H-pyrrole nitrogens is 1. The second kappa shape index (κ2) is 8.81. The van der Waals surface area contributed by atoms with Crippen LogP contribution in [0.2, 0.25) is 0 Å². The summed E-state index contributed by atoms with van der Waals surface area (Å²) in [5.41, 5.74) is -3.92. The van der Waals surface area contributed by atoms with E-state index in [1.165, 1.54) is 12.1 Å². The van der Waals surface area contributed by atoms with Gasteiger partial charge in [-0.1, -0.05) is 26.0 Å². The number of aromatic amines is 1. The smallest absolute Gasteiger partial charge is 0.348 e. The van der Waals surface area contributed by atoms with Crippen molar-refractivity contribution in [2.75, 3.05) is 19.0 Å². The Balaban J connectivity index is 2.23. The molecule has 1 aromatic heterocycles. The minimum atomic E-state index is -4.34. The Bertz CT molecular complexity index is 877. The normalized spacial score (nSPS) is 12.9. The number of carbonyl (C=O) groups excluding carboxylic acids is 1. The molecule has 0 unspecified atom stereocenters. The molecule has 1 aromatic carbocycles. The van der Waals surface area contributed by atoms with Gasteiger partial charge < -0.3 is 4.90 Å². The molecule has 0 radical (unpaired) electrons. The van der Waals surface area contributed by atoms with E-state index in [0.29, 0.717) is 0 Å². The molecule has 9 heteroatoms. The largest absolute Gasteiger partial charge is 0.446 e. The quantitative estimate of drug-likeness (QED) is 0.536. The molecule has 0 aliphatic carbocycles. The van der Waals surface area contributed by atoms with Crippen molar-refractivity contribution in [2.45, 2.75) is 36.6 Å². The van der Waals surface area contributed by atoms with E-state index in [1.54, 1.807) is 31.1 Å². The molecule has 152 valence electrons. The number of carbonyl (C=O) groups is 1. The Kier molecular flexibility index (Phi) is 6.92. The van der Waals surface area contributed by atoms with Crippen LogP contribution in [0.25, 0.3) is 0 Å². The molecule has 0 amide bonds. The molecule has 5 nitrogen and oxygen atoms in total. The van der Waals surface area contributed by atoms with E-state index < -0.39 is 11.1 Å². The Labute approximate surface area is 165 Å². The second-order valence-electron chi connectivity index (χ2n) is 6.94. The average molecular weight is 413 g/mol. The fraction of sp³-hybridized carbons (Fsp3) is 0.421. The van der Waals surface area contributed by atoms with Gasteiger partial charge in [0, 0.05) is 31.5 Å². The Morgan fingerprint density at radius 1 is 1.21 bits per heavy atom. The highest BCUT2D eigenvalue weighted by Crippen LogP contribution is 2.38. The van der Waals surface area contributed by atoms with Gasteiger partial charge in [-0.2, -0.15) is 13.2 Å². The van der Waals surface area contributed by atoms with E-state index in [-0.39, 0.29) is 52.3 Å². The summed E-state index contributed by atoms with van der Waals surface area (Å²) in [6.07, 6.45) is 0.104. The number of rotatable bonds is 7. The SMILES string of the molecule is CC(C)[C@@H](CC(=O)c1cc(=O)[nH]c(N(C)C)n1)c1ccc(SC(F)(F)F)cc1. The lowest BCUT2D eigenvalue weighted by Gasteiger charge is -2.21. The molecule has 0 saturated carbocycles. The van der Waals surface area contributed by atoms with Crippen molar-refractivity contribution in [1.82, 2.24) is 9.97 Å². The molecule has 2 aromatic rings. The molecule has 0 spiro atoms. The van der Waals surface area contributed by atoms with Crippen LogP contribution in [0, 0.1) is 5.92 Å². The minimum absolute atomic E-state index is 0.0698. The number of halogens is 3. The van der Waals surface area contributed by atoms with E-state index in [2.05, 4.69) is 9.97 Å². The molecule has 0 bridgehead atoms. The second-order valence-corrected chi connectivity index (χ2v) is 8.08. The summed E-state index contributed by atoms with van der Waals surface area (Å²) in [4.78, 5) is 32.9. The molecule has 0 fully saturated rings. The average Bonchev–Trinajstić information content (AvgIpc) is 2.58. The number of aromatic nitrogens is 2. The van der Waals surface area contributed by atoms with Gasteiger partial charge in [0.15, 0.2) is 5.78 Å². The van der Waals surface area contributed by atoms with Gasteiger partial charge in [-0.05, 0) is 41.3 Å². The van der Waals surface area contributed by atoms with Crippen molar-refractivity contribution >= 4 is 23.5 Å². The van der Waals surface area contributed by atoms with Crippen LogP contribution in [0.5, 0.6) is 0 Å². The lowest BCUT2D eigenvalue weighted by Crippen LogP contribution is -2.22. The van der Waals surface area contributed by atoms with Gasteiger partial charge in [0.2, 0.25) is 5.95 Å². The number of Topliss-reactive ketones (excluding diaryl/α,β-unsaturated/α-hetero) is 1. The van der Waals surface area contributed by atoms with Crippen molar-refractivity contribution in [1.29, 1.82) is 0 Å². The Morgan fingerprint density at radius 3 is 2.32 bits per heavy atom. The van der Waals surface area contributed by atoms with E-state index in [0.717, 1.165) is 11.6 Å². The standard InChI is InChI=1S/C19H22F3N3O2S/c1-11(2)14(12-5-7-13(8-6-12)28-19(20,21)22)9-16(26)15-10-17(27)24-18(23-15)25(3)4/h5-8,10-11,14H,9H2,1-4H3,(H,23,24,27)/t14-/m1/s1. The van der Waals surface area contributed by atoms with Crippen molar-refractivity contribution in [3.8, 4) is 0 Å². The fourth-order valence-corrected chi connectivity index (χ4v) is 3.30. The third-order valence-corrected chi connectivity index (χ3v) is 4.93. The first-order chi connectivity index (χ1) is 13.0. The van der Waals surface area contributed by atoms with Gasteiger partial charge in [0.1, 0.15) is 5.69 Å². The third-order valence-electron chi connectivity index (χ3n) is 4.19. The minimum Gasteiger partial charge on any atom is -0.348 e. The lowest BCUT2D eigenvalue weighted by atomic mass is 9.84. The molecule has 1 heterocycles. The van der Waals surface area contributed by atoms with E-state index in [9.17, 15) is 22.8 Å². The molecular weight excluding hydrogens is 391 g/mol. The summed E-state index contributed by atoms with van der Waals surface area (Å²) in [6.45, 7) is 3.87. The van der Waals surface area contributed by atoms with E-state index >= 15 is 0 Å². The maximum Gasteiger partial charge on any atom is 0.446 e. The van der Waals surface area contributed by atoms with Gasteiger partial charge >= 0.3 is 5.51 Å². The summed E-state index contributed by atoms with van der Waals surface area (Å²) in [5.74, 6) is -0.145. The monoisotopic (exact) mass is 413 g/mol. The summed E-state index contributed by atoms with van der Waals surface area (Å²) >= 11 is -0.174. The van der Waals surface area contributed by atoms with E-state index in [4.69, 9.17) is 0 Å². The van der Waals surface area contributed by atoms with Crippen LogP contribution < -0.4 is 10.5 Å². The van der Waals surface area contributed by atoms with Crippen molar-refractivity contribution in [3.63, 3.8) is 0 Å². The molecule has 28 heavy (non-hydrogen) atoms. The topological polar surface area (TPSA) is 66.1 Å². The first-order valence-corrected chi connectivity index (χ1v) is 9.45. The first kappa shape index (κ1) is 22.0. The molecular formula is C19H22F3N3O2S. The first-order valence-electron chi connectivity index (χ1n) is 8.64. The van der Waals surface area contributed by atoms with Gasteiger partial charge in [-0.3, -0.25) is 14.6 Å². The number of anilines is 1. The lowest BCUT2D eigenvalue weighted by molar-refractivity contribution is -0.0328. The fourth-order valence-electron chi connectivity index (χ4n) is 2.76. The van der Waals surface area contributed by atoms with Crippen LogP contribution in [0.1, 0.15) is 42.2 Å². The number of nitrogens with zero attached hydrogens (tertiary/aromatic N) is 2. The van der Waals surface area contributed by atoms with Crippen molar-refractivity contribution < 1.29 is 18.0 Å². The summed E-state index contributed by atoms with van der Waals surface area (Å²) in [7, 11) is 3.40. The van der Waals surface area contributed by atoms with Crippen LogP contribution in [0.3, 0.4) is 0 Å². The highest BCUT2D eigenvalue weighted by atomic mass is 32.2. The van der Waals surface area contributed by atoms with Crippen LogP contribution in [0.15, 0.2) is 40.0 Å². The maximum absolute atomic E-state index is 12.7. The number of benzene rings is 1. The van der Waals surface area contributed by atoms with Crippen LogP contribution in [-0.4, -0.2) is 35.4 Å². The van der Waals surface area contributed by atoms with Crippen LogP contribution in [0.4, 0.5) is 19.1 Å². The van der Waals surface area contributed by atoms with Gasteiger partial charge in [0.25, 0.3) is 5.56 Å². The number of thioether (sulfide) groups is 1. The molecule has 1 atom stereocenters. The highest BCUT2D eigenvalue weighted by Gasteiger charge is 2.29. The Morgan fingerprint density at radius 2 is 1.82 bits per heavy atom. The zero-order valence-corrected chi connectivity index (χ0v) is 16.8. The van der Waals surface area contributed by atoms with Crippen LogP contribution >= 0.6 is 11.8 Å². The summed E-state index contributed by atoms with van der Waals surface area (Å²) in [6, 6.07) is 7.20. The number of nitrogens with one attached hydrogen (secondary N) is 1. The summed E-state index contributed by atoms with van der Waals surface area (Å²) in [5, 5.41) is 0. The number of hydrogen-bond donors (Lipinski definition) is 1. The predicted octanol–water partition coefficient (Wildman–Crippen LogP) is 4.46. The number of hydrogen-bond acceptors (Lipinski definition) is 5. The zero-order chi connectivity index (χ0) is 21.1. The Hall–Kier alpha value is -2.29. The number of alkyl halides is 3. The molecule has 0 aliphatic heterocycles. The van der Waals surface area contributed by atoms with Crippen molar-refractivity contribution in [2.24, 2.45) is 5.92 Å². The van der Waals surface area contributed by atoms with Gasteiger partial charge in [-0.15, -0.1) is 0 Å². The highest BCUT2D eigenvalue weighted by molar-refractivity contribution is 8.00.